The Labute approximate surface area is 223 Å². The highest BCUT2D eigenvalue weighted by atomic mass is 32.1. The Morgan fingerprint density at radius 3 is 2.58 bits per heavy atom. The van der Waals surface area contributed by atoms with E-state index in [1.807, 2.05) is 48.3 Å². The SMILES string of the molecule is CCn1c(=C(C#N)C(=O)NCCF)sc(=CNc2cccc(NC(=O)CN(C)Cc3ccccc3)c2)c1=O. The zero-order valence-electron chi connectivity index (χ0n) is 21.2. The Bertz CT molecular complexity index is 1490. The highest BCUT2D eigenvalue weighted by Crippen LogP contribution is 2.15. The third-order valence-corrected chi connectivity index (χ3v) is 6.51. The number of nitrogens with zero attached hydrogens (tertiary/aromatic N) is 3. The minimum atomic E-state index is -0.762. The van der Waals surface area contributed by atoms with Gasteiger partial charge in [-0.3, -0.25) is 23.9 Å². The van der Waals surface area contributed by atoms with Gasteiger partial charge >= 0.3 is 0 Å². The van der Waals surface area contributed by atoms with Gasteiger partial charge in [-0.15, -0.1) is 11.3 Å². The number of anilines is 2. The van der Waals surface area contributed by atoms with E-state index in [-0.39, 0.29) is 45.9 Å². The second kappa shape index (κ2) is 13.9. The van der Waals surface area contributed by atoms with Crippen LogP contribution in [0.4, 0.5) is 15.8 Å². The molecule has 2 aromatic carbocycles. The van der Waals surface area contributed by atoms with Crippen molar-refractivity contribution in [2.24, 2.45) is 0 Å². The van der Waals surface area contributed by atoms with Gasteiger partial charge in [0.25, 0.3) is 11.5 Å². The van der Waals surface area contributed by atoms with Crippen molar-refractivity contribution in [3.05, 3.63) is 79.7 Å². The summed E-state index contributed by atoms with van der Waals surface area (Å²) in [5, 5.41) is 17.7. The summed E-state index contributed by atoms with van der Waals surface area (Å²) in [6.45, 7) is 1.85. The molecule has 11 heteroatoms. The molecule has 3 N–H and O–H groups in total. The lowest BCUT2D eigenvalue weighted by atomic mass is 10.2. The summed E-state index contributed by atoms with van der Waals surface area (Å²) >= 11 is 0.990. The maximum absolute atomic E-state index is 12.9. The smallest absolute Gasteiger partial charge is 0.270 e. The van der Waals surface area contributed by atoms with E-state index in [2.05, 4.69) is 16.0 Å². The second-order valence-corrected chi connectivity index (χ2v) is 9.36. The molecule has 198 valence electrons. The summed E-state index contributed by atoms with van der Waals surface area (Å²) in [6, 6.07) is 18.7. The molecule has 0 bridgehead atoms. The zero-order chi connectivity index (χ0) is 27.5. The number of alkyl halides is 1. The van der Waals surface area contributed by atoms with Crippen molar-refractivity contribution >= 4 is 46.3 Å². The lowest BCUT2D eigenvalue weighted by Gasteiger charge is -2.16. The third-order valence-electron chi connectivity index (χ3n) is 5.38. The molecular weight excluding hydrogens is 507 g/mol. The second-order valence-electron chi connectivity index (χ2n) is 8.33. The summed E-state index contributed by atoms with van der Waals surface area (Å²) in [5.41, 5.74) is 1.72. The molecule has 1 aromatic heterocycles. The summed E-state index contributed by atoms with van der Waals surface area (Å²) in [6.07, 6.45) is 1.49. The topological polar surface area (TPSA) is 119 Å². The largest absolute Gasteiger partial charge is 0.360 e. The first-order valence-electron chi connectivity index (χ1n) is 11.9. The van der Waals surface area contributed by atoms with E-state index in [4.69, 9.17) is 0 Å². The minimum absolute atomic E-state index is 0.163. The number of carbonyl (C=O) groups is 2. The molecule has 0 aliphatic carbocycles. The predicted octanol–water partition coefficient (Wildman–Crippen LogP) is 1.61. The Hall–Kier alpha value is -4.27. The van der Waals surface area contributed by atoms with Crippen molar-refractivity contribution < 1.29 is 14.0 Å². The summed E-state index contributed by atoms with van der Waals surface area (Å²) in [4.78, 5) is 39.6. The van der Waals surface area contributed by atoms with Gasteiger partial charge in [0, 0.05) is 37.2 Å². The molecule has 0 saturated carbocycles. The minimum Gasteiger partial charge on any atom is -0.360 e. The van der Waals surface area contributed by atoms with Crippen LogP contribution >= 0.6 is 11.3 Å². The van der Waals surface area contributed by atoms with Crippen LogP contribution in [-0.4, -0.2) is 48.1 Å². The zero-order valence-corrected chi connectivity index (χ0v) is 22.0. The number of likely N-dealkylation sites (N-methyl/N-ethyl adjacent to an activating group) is 1. The first-order chi connectivity index (χ1) is 18.4. The molecule has 0 aliphatic heterocycles. The maximum atomic E-state index is 12.9. The molecule has 1 heterocycles. The fraction of sp³-hybridized carbons (Fsp3) is 0.259. The first-order valence-corrected chi connectivity index (χ1v) is 12.7. The van der Waals surface area contributed by atoms with Gasteiger partial charge in [-0.1, -0.05) is 36.4 Å². The summed E-state index contributed by atoms with van der Waals surface area (Å²) in [7, 11) is 1.87. The number of nitriles is 1. The Balaban J connectivity index is 1.75. The maximum Gasteiger partial charge on any atom is 0.270 e. The molecule has 0 spiro atoms. The van der Waals surface area contributed by atoms with E-state index in [1.54, 1.807) is 31.2 Å². The highest BCUT2D eigenvalue weighted by Gasteiger charge is 2.15. The van der Waals surface area contributed by atoms with Crippen molar-refractivity contribution in [2.75, 3.05) is 37.4 Å². The van der Waals surface area contributed by atoms with E-state index in [1.165, 1.54) is 10.8 Å². The molecule has 9 nitrogen and oxygen atoms in total. The number of carbonyl (C=O) groups excluding carboxylic acids is 2. The van der Waals surface area contributed by atoms with E-state index < -0.39 is 12.6 Å². The quantitative estimate of drug-likeness (QED) is 0.343. The van der Waals surface area contributed by atoms with Gasteiger partial charge < -0.3 is 16.0 Å². The molecule has 3 aromatic rings. The fourth-order valence-corrected chi connectivity index (χ4v) is 4.76. The standard InChI is InChI=1S/C27H29FN6O3S/c1-3-34-26(37)23(38-27(34)22(15-29)25(36)30-13-12-28)16-31-20-10-7-11-21(14-20)32-24(35)18-33(2)17-19-8-5-4-6-9-19/h4-11,14,16,31H,3,12-13,17-18H2,1-2H3,(H,30,36)(H,32,35). The van der Waals surface area contributed by atoms with Crippen LogP contribution < -0.4 is 30.7 Å². The molecule has 3 rings (SSSR count). The number of hydrogen-bond donors (Lipinski definition) is 3. The highest BCUT2D eigenvalue weighted by molar-refractivity contribution is 7.07. The Morgan fingerprint density at radius 2 is 1.89 bits per heavy atom. The number of amides is 2. The average molecular weight is 537 g/mol. The number of rotatable bonds is 11. The van der Waals surface area contributed by atoms with Gasteiger partial charge in [0.2, 0.25) is 5.91 Å². The lowest BCUT2D eigenvalue weighted by Crippen LogP contribution is -2.35. The third kappa shape index (κ3) is 7.61. The molecule has 38 heavy (non-hydrogen) atoms. The molecular formula is C27H29FN6O3S. The first kappa shape index (κ1) is 28.3. The van der Waals surface area contributed by atoms with E-state index >= 15 is 0 Å². The van der Waals surface area contributed by atoms with Crippen LogP contribution in [0.5, 0.6) is 0 Å². The van der Waals surface area contributed by atoms with Gasteiger partial charge in [-0.25, -0.2) is 4.39 Å². The number of hydrogen-bond acceptors (Lipinski definition) is 7. The van der Waals surface area contributed by atoms with Crippen LogP contribution in [-0.2, 0) is 22.7 Å². The van der Waals surface area contributed by atoms with Crippen molar-refractivity contribution in [3.8, 4) is 6.07 Å². The van der Waals surface area contributed by atoms with Gasteiger partial charge in [0.05, 0.1) is 6.54 Å². The number of aromatic nitrogens is 1. The van der Waals surface area contributed by atoms with Gasteiger partial charge in [-0.2, -0.15) is 5.26 Å². The molecule has 0 unspecified atom stereocenters. The summed E-state index contributed by atoms with van der Waals surface area (Å²) in [5.74, 6) is -0.894. The number of halogens is 1. The predicted molar refractivity (Wildman–Crippen MR) is 147 cm³/mol. The van der Waals surface area contributed by atoms with Crippen molar-refractivity contribution in [3.63, 3.8) is 0 Å². The average Bonchev–Trinajstić information content (AvgIpc) is 3.21. The normalized spacial score (nSPS) is 12.1. The Kier molecular flexibility index (Phi) is 10.3. The molecule has 0 atom stereocenters. The Morgan fingerprint density at radius 1 is 1.16 bits per heavy atom. The molecule has 2 amide bonds. The van der Waals surface area contributed by atoms with E-state index in [9.17, 15) is 24.0 Å². The van der Waals surface area contributed by atoms with Crippen LogP contribution in [0.15, 0.2) is 59.4 Å². The van der Waals surface area contributed by atoms with Gasteiger partial charge in [0.15, 0.2) is 5.57 Å². The van der Waals surface area contributed by atoms with Gasteiger partial charge in [0.1, 0.15) is 21.9 Å². The molecule has 0 saturated heterocycles. The van der Waals surface area contributed by atoms with Crippen LogP contribution in [0, 0.1) is 11.3 Å². The monoisotopic (exact) mass is 536 g/mol. The van der Waals surface area contributed by atoms with Crippen molar-refractivity contribution in [2.45, 2.75) is 20.0 Å². The number of thiazole rings is 1. The number of benzene rings is 2. The van der Waals surface area contributed by atoms with Crippen molar-refractivity contribution in [1.82, 2.24) is 14.8 Å². The van der Waals surface area contributed by atoms with E-state index in [0.29, 0.717) is 17.9 Å². The lowest BCUT2D eigenvalue weighted by molar-refractivity contribution is -0.117. The van der Waals surface area contributed by atoms with Crippen LogP contribution in [0.2, 0.25) is 0 Å². The van der Waals surface area contributed by atoms with E-state index in [0.717, 1.165) is 16.9 Å². The number of nitrogens with one attached hydrogen (secondary N) is 3. The van der Waals surface area contributed by atoms with Crippen LogP contribution in [0.1, 0.15) is 12.5 Å². The van der Waals surface area contributed by atoms with Crippen LogP contribution in [0.3, 0.4) is 0 Å². The summed E-state index contributed by atoms with van der Waals surface area (Å²) < 4.78 is 14.2. The molecule has 0 radical (unpaired) electrons. The van der Waals surface area contributed by atoms with Crippen LogP contribution in [0.25, 0.3) is 11.8 Å². The molecule has 0 fully saturated rings. The van der Waals surface area contributed by atoms with Crippen molar-refractivity contribution in [1.29, 1.82) is 5.26 Å². The van der Waals surface area contributed by atoms with Gasteiger partial charge in [-0.05, 0) is 37.7 Å². The molecule has 0 aliphatic rings. The fourth-order valence-electron chi connectivity index (χ4n) is 3.67.